The number of nitrogens with one attached hydrogen (secondary N) is 2. The number of ether oxygens (including phenoxy) is 1. The molecule has 1 aromatic heterocycles. The quantitative estimate of drug-likeness (QED) is 0.161. The number of pyridine rings is 1. The van der Waals surface area contributed by atoms with E-state index in [0.29, 0.717) is 28.0 Å². The molecule has 258 valence electrons. The van der Waals surface area contributed by atoms with E-state index >= 15 is 4.39 Å². The summed E-state index contributed by atoms with van der Waals surface area (Å²) in [5, 5.41) is 16.6. The van der Waals surface area contributed by atoms with E-state index in [1.54, 1.807) is 31.2 Å². The average molecular weight is 692 g/mol. The molecule has 1 aliphatic heterocycles. The molecule has 3 aromatic carbocycles. The number of amides is 2. The van der Waals surface area contributed by atoms with E-state index in [1.165, 1.54) is 68.3 Å². The number of carbonyl (C=O) groups excluding carboxylic acids is 2. The van der Waals surface area contributed by atoms with E-state index in [1.807, 2.05) is 0 Å². The number of carbonyl (C=O) groups is 3. The maximum atomic E-state index is 15.7. The molecule has 12 nitrogen and oxygen atoms in total. The van der Waals surface area contributed by atoms with E-state index in [9.17, 15) is 27.9 Å². The first-order valence-electron chi connectivity index (χ1n) is 15.7. The van der Waals surface area contributed by atoms with Crippen molar-refractivity contribution >= 4 is 55.6 Å². The van der Waals surface area contributed by atoms with Crippen molar-refractivity contribution in [1.82, 2.24) is 9.88 Å². The van der Waals surface area contributed by atoms with Crippen molar-refractivity contribution in [1.29, 1.82) is 0 Å². The SMILES string of the molecule is CCOc1ccc(F)c([C@H](Nc2ccc3c(N)nccc3c2)C(=O)N2CCC(C(=O)O)C2c2cc(NC(C)=O)ccc2S(=O)(=O)C(C)C)c1. The smallest absolute Gasteiger partial charge is 0.309 e. The number of nitrogen functional groups attached to an aromatic ring is 1. The number of halogens is 1. The minimum absolute atomic E-state index is 0.00624. The highest BCUT2D eigenvalue weighted by Gasteiger charge is 2.46. The van der Waals surface area contributed by atoms with Gasteiger partial charge in [0, 0.05) is 42.0 Å². The molecule has 3 atom stereocenters. The number of likely N-dealkylation sites (tertiary alicyclic amines) is 1. The minimum Gasteiger partial charge on any atom is -0.494 e. The summed E-state index contributed by atoms with van der Waals surface area (Å²) in [5.41, 5.74) is 6.66. The zero-order valence-electron chi connectivity index (χ0n) is 27.4. The van der Waals surface area contributed by atoms with Crippen LogP contribution in [0.4, 0.5) is 21.6 Å². The zero-order valence-corrected chi connectivity index (χ0v) is 28.3. The molecule has 1 saturated heterocycles. The molecular weight excluding hydrogens is 653 g/mol. The number of hydrogen-bond donors (Lipinski definition) is 4. The molecule has 2 amide bonds. The Labute approximate surface area is 283 Å². The first-order valence-corrected chi connectivity index (χ1v) is 17.3. The molecule has 0 saturated carbocycles. The lowest BCUT2D eigenvalue weighted by atomic mass is 9.92. The third-order valence-electron chi connectivity index (χ3n) is 8.52. The van der Waals surface area contributed by atoms with Crippen LogP contribution in [0.15, 0.2) is 71.8 Å². The fourth-order valence-electron chi connectivity index (χ4n) is 6.15. The van der Waals surface area contributed by atoms with Gasteiger partial charge in [-0.25, -0.2) is 17.8 Å². The summed E-state index contributed by atoms with van der Waals surface area (Å²) in [4.78, 5) is 44.7. The predicted octanol–water partition coefficient (Wildman–Crippen LogP) is 5.32. The maximum absolute atomic E-state index is 15.7. The van der Waals surface area contributed by atoms with Gasteiger partial charge in [-0.2, -0.15) is 0 Å². The molecule has 0 aliphatic carbocycles. The summed E-state index contributed by atoms with van der Waals surface area (Å²) < 4.78 is 48.6. The maximum Gasteiger partial charge on any atom is 0.309 e. The van der Waals surface area contributed by atoms with Crippen LogP contribution in [0.2, 0.25) is 0 Å². The number of hydrogen-bond acceptors (Lipinski definition) is 9. The number of anilines is 3. The van der Waals surface area contributed by atoms with Gasteiger partial charge in [-0.05, 0) is 98.8 Å². The summed E-state index contributed by atoms with van der Waals surface area (Å²) >= 11 is 0. The number of fused-ring (bicyclic) bond motifs is 1. The normalized spacial score (nSPS) is 16.8. The van der Waals surface area contributed by atoms with Crippen LogP contribution in [0.25, 0.3) is 10.8 Å². The number of rotatable bonds is 11. The zero-order chi connectivity index (χ0) is 35.6. The fraction of sp³-hybridized carbons (Fsp3) is 0.314. The van der Waals surface area contributed by atoms with Gasteiger partial charge in [-0.1, -0.05) is 0 Å². The molecule has 2 unspecified atom stereocenters. The van der Waals surface area contributed by atoms with Crippen LogP contribution in [-0.4, -0.2) is 59.6 Å². The Morgan fingerprint density at radius 3 is 2.49 bits per heavy atom. The van der Waals surface area contributed by atoms with E-state index in [0.717, 1.165) is 0 Å². The van der Waals surface area contributed by atoms with Gasteiger partial charge in [0.1, 0.15) is 23.4 Å². The van der Waals surface area contributed by atoms with Crippen LogP contribution in [-0.2, 0) is 24.2 Å². The lowest BCUT2D eigenvalue weighted by Gasteiger charge is -2.33. The topological polar surface area (TPSA) is 181 Å². The van der Waals surface area contributed by atoms with Gasteiger partial charge in [0.05, 0.1) is 28.7 Å². The third-order valence-corrected chi connectivity index (χ3v) is 10.7. The number of nitrogens with zero attached hydrogens (tertiary/aromatic N) is 2. The summed E-state index contributed by atoms with van der Waals surface area (Å²) in [6.45, 7) is 6.24. The van der Waals surface area contributed by atoms with Crippen LogP contribution < -0.4 is 21.1 Å². The number of aliphatic carboxylic acids is 1. The van der Waals surface area contributed by atoms with Crippen LogP contribution >= 0.6 is 0 Å². The van der Waals surface area contributed by atoms with Crippen molar-refractivity contribution < 1.29 is 37.0 Å². The van der Waals surface area contributed by atoms with Crippen molar-refractivity contribution in [2.24, 2.45) is 5.92 Å². The summed E-state index contributed by atoms with van der Waals surface area (Å²) in [6, 6.07) is 12.3. The first kappa shape index (κ1) is 35.1. The van der Waals surface area contributed by atoms with E-state index < -0.39 is 56.7 Å². The molecule has 0 radical (unpaired) electrons. The molecular formula is C35H38FN5O7S. The number of nitrogens with two attached hydrogens (primary N) is 1. The molecule has 0 bridgehead atoms. The minimum atomic E-state index is -4.00. The number of benzene rings is 3. The second kappa shape index (κ2) is 14.1. The summed E-state index contributed by atoms with van der Waals surface area (Å²) in [6.07, 6.45) is 1.53. The highest BCUT2D eigenvalue weighted by Crippen LogP contribution is 2.44. The Kier molecular flexibility index (Phi) is 10.1. The highest BCUT2D eigenvalue weighted by atomic mass is 32.2. The van der Waals surface area contributed by atoms with Crippen LogP contribution in [0.5, 0.6) is 5.75 Å². The molecule has 4 aromatic rings. The van der Waals surface area contributed by atoms with Crippen LogP contribution in [0, 0.1) is 11.7 Å². The molecule has 1 fully saturated rings. The predicted molar refractivity (Wildman–Crippen MR) is 183 cm³/mol. The fourth-order valence-corrected chi connectivity index (χ4v) is 7.43. The lowest BCUT2D eigenvalue weighted by molar-refractivity contribution is -0.143. The largest absolute Gasteiger partial charge is 0.494 e. The van der Waals surface area contributed by atoms with Gasteiger partial charge in [0.25, 0.3) is 0 Å². The Morgan fingerprint density at radius 2 is 1.82 bits per heavy atom. The van der Waals surface area contributed by atoms with Gasteiger partial charge >= 0.3 is 5.97 Å². The Hall–Kier alpha value is -5.24. The third kappa shape index (κ3) is 7.14. The Morgan fingerprint density at radius 1 is 1.08 bits per heavy atom. The molecule has 0 spiro atoms. The first-order chi connectivity index (χ1) is 23.2. The van der Waals surface area contributed by atoms with Crippen LogP contribution in [0.3, 0.4) is 0 Å². The molecule has 1 aliphatic rings. The van der Waals surface area contributed by atoms with Crippen molar-refractivity contribution in [2.75, 3.05) is 29.5 Å². The lowest BCUT2D eigenvalue weighted by Crippen LogP contribution is -2.40. The van der Waals surface area contributed by atoms with Crippen molar-refractivity contribution in [3.63, 3.8) is 0 Å². The number of carboxylic acids is 1. The van der Waals surface area contributed by atoms with Gasteiger partial charge < -0.3 is 31.1 Å². The van der Waals surface area contributed by atoms with E-state index in [4.69, 9.17) is 10.5 Å². The summed E-state index contributed by atoms with van der Waals surface area (Å²) in [5.74, 6) is -3.69. The average Bonchev–Trinajstić information content (AvgIpc) is 3.50. The molecule has 5 rings (SSSR count). The van der Waals surface area contributed by atoms with Gasteiger partial charge in [0.2, 0.25) is 11.8 Å². The highest BCUT2D eigenvalue weighted by molar-refractivity contribution is 7.92. The van der Waals surface area contributed by atoms with Crippen molar-refractivity contribution in [3.05, 3.63) is 83.8 Å². The number of aromatic nitrogens is 1. The number of sulfone groups is 1. The Bertz CT molecular complexity index is 2040. The molecule has 14 heteroatoms. The van der Waals surface area contributed by atoms with Gasteiger partial charge in [-0.3, -0.25) is 14.4 Å². The second-order valence-electron chi connectivity index (χ2n) is 12.1. The Balaban J connectivity index is 1.68. The molecule has 2 heterocycles. The van der Waals surface area contributed by atoms with Gasteiger partial charge in [0.15, 0.2) is 9.84 Å². The number of carboxylic acid groups (broad SMARTS) is 1. The summed E-state index contributed by atoms with van der Waals surface area (Å²) in [7, 11) is -4.00. The second-order valence-corrected chi connectivity index (χ2v) is 14.5. The van der Waals surface area contributed by atoms with E-state index in [2.05, 4.69) is 15.6 Å². The molecule has 5 N–H and O–H groups in total. The monoisotopic (exact) mass is 691 g/mol. The van der Waals surface area contributed by atoms with Gasteiger partial charge in [-0.15, -0.1) is 0 Å². The van der Waals surface area contributed by atoms with E-state index in [-0.39, 0.29) is 41.3 Å². The van der Waals surface area contributed by atoms with Crippen molar-refractivity contribution in [2.45, 2.75) is 56.3 Å². The van der Waals surface area contributed by atoms with Crippen LogP contribution in [0.1, 0.15) is 57.3 Å². The van der Waals surface area contributed by atoms with Crippen molar-refractivity contribution in [3.8, 4) is 5.75 Å². The molecule has 49 heavy (non-hydrogen) atoms. The standard InChI is InChI=1S/C35H38FN5O7S/c1-5-48-24-8-10-29(36)27(18-24)31(40-22-6-9-25-21(16-22)12-14-38-33(25)37)34(43)41-15-13-26(35(44)45)32(41)28-17-23(39-20(4)42)7-11-30(28)49(46,47)19(2)3/h6-12,14,16-19,26,31-32,40H,5,13,15H2,1-4H3,(H2,37,38)(H,39,42)(H,44,45)/t26?,31-,32?/m0/s1.